The third-order valence-electron chi connectivity index (χ3n) is 4.79. The summed E-state index contributed by atoms with van der Waals surface area (Å²) in [6.07, 6.45) is 7.85. The molecule has 5 nitrogen and oxygen atoms in total. The van der Waals surface area contributed by atoms with Gasteiger partial charge in [-0.1, -0.05) is 30.3 Å². The Morgan fingerprint density at radius 3 is 2.65 bits per heavy atom. The zero-order chi connectivity index (χ0) is 17.5. The quantitative estimate of drug-likeness (QED) is 0.914. The summed E-state index contributed by atoms with van der Waals surface area (Å²) in [6, 6.07) is 14.2. The van der Waals surface area contributed by atoms with Crippen LogP contribution in [0.4, 0.5) is 0 Å². The number of aromatic nitrogens is 1. The molecule has 2 aromatic rings. The highest BCUT2D eigenvalue weighted by atomic mass is 16.1. The summed E-state index contributed by atoms with van der Waals surface area (Å²) in [5, 5.41) is 2.98. The van der Waals surface area contributed by atoms with Crippen LogP contribution < -0.4 is 5.32 Å². The van der Waals surface area contributed by atoms with Crippen molar-refractivity contribution in [3.63, 3.8) is 0 Å². The number of amidine groups is 1. The van der Waals surface area contributed by atoms with E-state index in [0.29, 0.717) is 0 Å². The van der Waals surface area contributed by atoms with Gasteiger partial charge in [0.05, 0.1) is 11.4 Å². The highest BCUT2D eigenvalue weighted by Crippen LogP contribution is 2.34. The maximum absolute atomic E-state index is 11.8. The molecule has 1 aromatic heterocycles. The van der Waals surface area contributed by atoms with Gasteiger partial charge in [-0.25, -0.2) is 4.99 Å². The zero-order valence-electron chi connectivity index (χ0n) is 14.0. The molecule has 0 bridgehead atoms. The SMILES string of the molecule is O=C1C=CC2=CN=C(c3ccc(-c4ccccn4)cc3)N3CCC(=C23)N1. The third kappa shape index (κ3) is 2.37. The summed E-state index contributed by atoms with van der Waals surface area (Å²) in [4.78, 5) is 23.1. The van der Waals surface area contributed by atoms with Crippen LogP contribution in [0, 0.1) is 0 Å². The number of allylic oxidation sites excluding steroid dienone is 1. The highest BCUT2D eigenvalue weighted by molar-refractivity contribution is 6.03. The number of amides is 1. The minimum Gasteiger partial charge on any atom is -0.324 e. The summed E-state index contributed by atoms with van der Waals surface area (Å²) in [5.41, 5.74) is 6.09. The van der Waals surface area contributed by atoms with Crippen molar-refractivity contribution < 1.29 is 4.79 Å². The molecule has 0 spiro atoms. The zero-order valence-corrected chi connectivity index (χ0v) is 14.0. The van der Waals surface area contributed by atoms with Gasteiger partial charge in [-0.2, -0.15) is 0 Å². The molecular weight excluding hydrogens is 324 g/mol. The fourth-order valence-corrected chi connectivity index (χ4v) is 3.57. The lowest BCUT2D eigenvalue weighted by molar-refractivity contribution is -0.115. The lowest BCUT2D eigenvalue weighted by atomic mass is 10.1. The second kappa shape index (κ2) is 5.81. The molecule has 1 N–H and O–H groups in total. The highest BCUT2D eigenvalue weighted by Gasteiger charge is 2.32. The second-order valence-electron chi connectivity index (χ2n) is 6.38. The third-order valence-corrected chi connectivity index (χ3v) is 4.79. The molecule has 5 heteroatoms. The van der Waals surface area contributed by atoms with Crippen LogP contribution in [0.25, 0.3) is 11.3 Å². The van der Waals surface area contributed by atoms with E-state index in [9.17, 15) is 4.79 Å². The van der Waals surface area contributed by atoms with Crippen LogP contribution in [0.15, 0.2) is 89.0 Å². The van der Waals surface area contributed by atoms with Crippen LogP contribution >= 0.6 is 0 Å². The Labute approximate surface area is 151 Å². The van der Waals surface area contributed by atoms with Gasteiger partial charge in [0.25, 0.3) is 0 Å². The number of carbonyl (C=O) groups excluding carboxylic acids is 1. The van der Waals surface area contributed by atoms with Gasteiger partial charge in [0, 0.05) is 53.8 Å². The maximum Gasteiger partial charge on any atom is 0.248 e. The lowest BCUT2D eigenvalue weighted by Crippen LogP contribution is -2.31. The molecule has 3 aliphatic heterocycles. The number of rotatable bonds is 2. The molecule has 0 saturated heterocycles. The van der Waals surface area contributed by atoms with Crippen LogP contribution in [0.1, 0.15) is 12.0 Å². The van der Waals surface area contributed by atoms with Crippen molar-refractivity contribution in [2.45, 2.75) is 6.42 Å². The van der Waals surface area contributed by atoms with Gasteiger partial charge in [-0.3, -0.25) is 9.78 Å². The minimum absolute atomic E-state index is 0.0779. The van der Waals surface area contributed by atoms with Gasteiger partial charge in [0.1, 0.15) is 5.84 Å². The van der Waals surface area contributed by atoms with Gasteiger partial charge in [-0.05, 0) is 18.2 Å². The van der Waals surface area contributed by atoms with Crippen molar-refractivity contribution >= 4 is 11.7 Å². The van der Waals surface area contributed by atoms with E-state index in [1.165, 1.54) is 0 Å². The van der Waals surface area contributed by atoms with Crippen LogP contribution in [-0.4, -0.2) is 28.2 Å². The first-order valence-corrected chi connectivity index (χ1v) is 8.59. The average molecular weight is 340 g/mol. The fraction of sp³-hybridized carbons (Fsp3) is 0.0952. The van der Waals surface area contributed by atoms with E-state index in [1.807, 2.05) is 30.5 Å². The first-order valence-electron chi connectivity index (χ1n) is 8.59. The van der Waals surface area contributed by atoms with Gasteiger partial charge in [0.15, 0.2) is 0 Å². The van der Waals surface area contributed by atoms with E-state index >= 15 is 0 Å². The Balaban J connectivity index is 1.52. The van der Waals surface area contributed by atoms with Crippen LogP contribution in [0.3, 0.4) is 0 Å². The molecule has 4 heterocycles. The molecule has 0 radical (unpaired) electrons. The van der Waals surface area contributed by atoms with Gasteiger partial charge < -0.3 is 10.2 Å². The summed E-state index contributed by atoms with van der Waals surface area (Å²) in [6.45, 7) is 0.816. The number of nitrogens with one attached hydrogen (secondary N) is 1. The van der Waals surface area contributed by atoms with Crippen LogP contribution in [0.5, 0.6) is 0 Å². The molecule has 26 heavy (non-hydrogen) atoms. The molecule has 0 aliphatic carbocycles. The molecule has 126 valence electrons. The fourth-order valence-electron chi connectivity index (χ4n) is 3.57. The number of hydrogen-bond acceptors (Lipinski definition) is 4. The topological polar surface area (TPSA) is 57.6 Å². The molecule has 0 unspecified atom stereocenters. The van der Waals surface area contributed by atoms with Crippen molar-refractivity contribution in [2.24, 2.45) is 4.99 Å². The average Bonchev–Trinajstić information content (AvgIpc) is 3.03. The van der Waals surface area contributed by atoms with E-state index in [1.54, 1.807) is 12.3 Å². The molecule has 0 saturated carbocycles. The Morgan fingerprint density at radius 2 is 1.85 bits per heavy atom. The smallest absolute Gasteiger partial charge is 0.248 e. The normalized spacial score (nSPS) is 18.2. The lowest BCUT2D eigenvalue weighted by Gasteiger charge is -2.27. The number of hydrogen-bond donors (Lipinski definition) is 1. The predicted octanol–water partition coefficient (Wildman–Crippen LogP) is 3.00. The Morgan fingerprint density at radius 1 is 1.00 bits per heavy atom. The van der Waals surface area contributed by atoms with Crippen molar-refractivity contribution in [2.75, 3.05) is 6.54 Å². The standard InChI is InChI=1S/C21H16N4O/c26-19-9-8-16-13-23-21(25-12-10-18(24-19)20(16)25)15-6-4-14(5-7-15)17-3-1-2-11-22-17/h1-9,11,13H,10,12H2,(H,24,26). The molecule has 1 aromatic carbocycles. The van der Waals surface area contributed by atoms with Crippen LogP contribution in [0.2, 0.25) is 0 Å². The van der Waals surface area contributed by atoms with Crippen molar-refractivity contribution in [3.8, 4) is 11.3 Å². The number of aliphatic imine (C=N–C) groups is 1. The summed E-state index contributed by atoms with van der Waals surface area (Å²) in [5.74, 6) is 0.835. The van der Waals surface area contributed by atoms with E-state index in [0.717, 1.165) is 52.6 Å². The maximum atomic E-state index is 11.8. The van der Waals surface area contributed by atoms with E-state index in [4.69, 9.17) is 0 Å². The van der Waals surface area contributed by atoms with E-state index < -0.39 is 0 Å². The van der Waals surface area contributed by atoms with Crippen molar-refractivity contribution in [1.29, 1.82) is 0 Å². The first-order chi connectivity index (χ1) is 12.8. The van der Waals surface area contributed by atoms with E-state index in [-0.39, 0.29) is 5.91 Å². The predicted molar refractivity (Wildman–Crippen MR) is 99.9 cm³/mol. The molecule has 0 atom stereocenters. The Hall–Kier alpha value is -3.47. The summed E-state index contributed by atoms with van der Waals surface area (Å²) in [7, 11) is 0. The van der Waals surface area contributed by atoms with Gasteiger partial charge in [0.2, 0.25) is 5.91 Å². The molecule has 0 fully saturated rings. The van der Waals surface area contributed by atoms with Gasteiger partial charge >= 0.3 is 0 Å². The summed E-state index contributed by atoms with van der Waals surface area (Å²) >= 11 is 0. The van der Waals surface area contributed by atoms with Gasteiger partial charge in [-0.15, -0.1) is 0 Å². The van der Waals surface area contributed by atoms with Crippen molar-refractivity contribution in [3.05, 3.63) is 89.5 Å². The molecular formula is C21H16N4O. The number of carbonyl (C=O) groups is 1. The largest absolute Gasteiger partial charge is 0.324 e. The Kier molecular flexibility index (Phi) is 3.31. The number of pyridine rings is 1. The monoisotopic (exact) mass is 340 g/mol. The molecule has 5 rings (SSSR count). The Bertz CT molecular complexity index is 1010. The molecule has 1 amide bonds. The number of nitrogens with zero attached hydrogens (tertiary/aromatic N) is 3. The summed E-state index contributed by atoms with van der Waals surface area (Å²) < 4.78 is 0. The van der Waals surface area contributed by atoms with Crippen LogP contribution in [-0.2, 0) is 4.79 Å². The minimum atomic E-state index is -0.0779. The number of benzene rings is 1. The second-order valence-corrected chi connectivity index (χ2v) is 6.38. The first kappa shape index (κ1) is 14.8. The van der Waals surface area contributed by atoms with E-state index in [2.05, 4.69) is 44.5 Å². The van der Waals surface area contributed by atoms with Crippen molar-refractivity contribution in [1.82, 2.24) is 15.2 Å². The molecule has 3 aliphatic rings.